The van der Waals surface area contributed by atoms with E-state index in [1.807, 2.05) is 0 Å². The van der Waals surface area contributed by atoms with Crippen molar-refractivity contribution in [2.24, 2.45) is 0 Å². The zero-order valence-electron chi connectivity index (χ0n) is 35.8. The fourth-order valence-electron chi connectivity index (χ4n) is 7.32. The lowest BCUT2D eigenvalue weighted by Crippen LogP contribution is -2.52. The van der Waals surface area contributed by atoms with Crippen LogP contribution in [0.5, 0.6) is 0 Å². The maximum Gasteiger partial charge on any atom is 0.0974 e. The van der Waals surface area contributed by atoms with E-state index in [0.29, 0.717) is 105 Å². The highest BCUT2D eigenvalue weighted by Crippen LogP contribution is 2.44. The molecule has 1 heterocycles. The molecule has 3 aromatic rings. The summed E-state index contributed by atoms with van der Waals surface area (Å²) in [5.74, 6) is 0. The van der Waals surface area contributed by atoms with Gasteiger partial charge in [0, 0.05) is 70.4 Å². The van der Waals surface area contributed by atoms with Gasteiger partial charge in [-0.2, -0.15) is 0 Å². The van der Waals surface area contributed by atoms with Crippen molar-refractivity contribution in [3.63, 3.8) is 0 Å². The molecular formula is C45H70N4O11. The first-order chi connectivity index (χ1) is 29.5. The number of aliphatic hydroxyl groups is 4. The van der Waals surface area contributed by atoms with Crippen molar-refractivity contribution in [1.82, 2.24) is 4.90 Å². The van der Waals surface area contributed by atoms with E-state index >= 15 is 0 Å². The SMILES string of the molecule is CN(C)c1ccc(C(c2ccc(N(CCOCCO)CCOCCOCCO)cc2)(c2ccc(N(CCOCCO)CCOCCOCCO)cc2)N2CCOCC2)cc1. The molecule has 1 saturated heterocycles. The molecule has 15 heteroatoms. The third-order valence-electron chi connectivity index (χ3n) is 10.3. The number of benzene rings is 3. The van der Waals surface area contributed by atoms with Gasteiger partial charge in [-0.3, -0.25) is 4.90 Å². The Labute approximate surface area is 356 Å². The van der Waals surface area contributed by atoms with Crippen LogP contribution in [0.3, 0.4) is 0 Å². The lowest BCUT2D eigenvalue weighted by Gasteiger charge is -2.47. The predicted molar refractivity (Wildman–Crippen MR) is 234 cm³/mol. The smallest absolute Gasteiger partial charge is 0.0974 e. The van der Waals surface area contributed by atoms with Crippen LogP contribution in [-0.4, -0.2) is 198 Å². The lowest BCUT2D eigenvalue weighted by molar-refractivity contribution is 0.00227. The Balaban J connectivity index is 1.71. The van der Waals surface area contributed by atoms with Gasteiger partial charge in [-0.05, 0) is 53.1 Å². The maximum absolute atomic E-state index is 9.29. The molecule has 336 valence electrons. The van der Waals surface area contributed by atoms with Crippen molar-refractivity contribution in [2.45, 2.75) is 5.54 Å². The van der Waals surface area contributed by atoms with Crippen molar-refractivity contribution in [3.8, 4) is 0 Å². The van der Waals surface area contributed by atoms with Gasteiger partial charge in [0.05, 0.1) is 124 Å². The highest BCUT2D eigenvalue weighted by molar-refractivity contribution is 5.59. The summed E-state index contributed by atoms with van der Waals surface area (Å²) in [5.41, 5.74) is 5.90. The zero-order chi connectivity index (χ0) is 42.7. The van der Waals surface area contributed by atoms with Gasteiger partial charge in [0.1, 0.15) is 0 Å². The highest BCUT2D eigenvalue weighted by Gasteiger charge is 2.43. The van der Waals surface area contributed by atoms with Gasteiger partial charge >= 0.3 is 0 Å². The van der Waals surface area contributed by atoms with Gasteiger partial charge in [0.25, 0.3) is 0 Å². The number of ether oxygens (including phenoxy) is 7. The second kappa shape index (κ2) is 29.0. The predicted octanol–water partition coefficient (Wildman–Crippen LogP) is 2.06. The van der Waals surface area contributed by atoms with Crippen LogP contribution in [0.25, 0.3) is 0 Å². The lowest BCUT2D eigenvalue weighted by atomic mass is 9.75. The van der Waals surface area contributed by atoms with Gasteiger partial charge in [-0.25, -0.2) is 0 Å². The Hall–Kier alpha value is -3.42. The van der Waals surface area contributed by atoms with E-state index in [1.54, 1.807) is 0 Å². The van der Waals surface area contributed by atoms with Gasteiger partial charge < -0.3 is 68.3 Å². The van der Waals surface area contributed by atoms with Crippen LogP contribution in [-0.2, 0) is 38.7 Å². The minimum absolute atomic E-state index is 0.0147. The summed E-state index contributed by atoms with van der Waals surface area (Å²) in [7, 11) is 4.10. The second-order valence-corrected chi connectivity index (χ2v) is 14.4. The first kappa shape index (κ1) is 49.2. The molecule has 0 aromatic heterocycles. The molecule has 4 N–H and O–H groups in total. The van der Waals surface area contributed by atoms with Crippen LogP contribution >= 0.6 is 0 Å². The van der Waals surface area contributed by atoms with E-state index < -0.39 is 5.54 Å². The molecule has 0 aliphatic carbocycles. The van der Waals surface area contributed by atoms with Gasteiger partial charge in [-0.1, -0.05) is 36.4 Å². The molecule has 15 nitrogen and oxygen atoms in total. The molecule has 3 aromatic carbocycles. The third kappa shape index (κ3) is 15.5. The summed E-state index contributed by atoms with van der Waals surface area (Å²) < 4.78 is 39.7. The Morgan fingerprint density at radius 2 is 0.750 bits per heavy atom. The molecule has 1 fully saturated rings. The van der Waals surface area contributed by atoms with Crippen LogP contribution in [0.2, 0.25) is 0 Å². The standard InChI is InChI=1S/C45H70N4O11/c1-46(2)42-9-3-39(4-10-42)45(49-19-29-54-30-20-49,40-5-11-43(12-6-40)47(15-25-55-31-21-50)17-27-57-35-37-59-33-23-52)41-7-13-44(14-8-41)48(16-26-56-32-22-51)18-28-58-36-38-60-34-24-53/h3-14,50-53H,15-38H2,1-2H3. The average molecular weight is 843 g/mol. The fraction of sp³-hybridized carbons (Fsp3) is 0.600. The molecule has 4 rings (SSSR count). The highest BCUT2D eigenvalue weighted by atomic mass is 16.5. The summed E-state index contributed by atoms with van der Waals surface area (Å²) in [6.07, 6.45) is 0. The number of hydrogen-bond donors (Lipinski definition) is 4. The Morgan fingerprint density at radius 3 is 1.07 bits per heavy atom. The number of hydrogen-bond acceptors (Lipinski definition) is 15. The molecule has 1 aliphatic heterocycles. The third-order valence-corrected chi connectivity index (χ3v) is 10.3. The molecule has 0 amide bonds. The minimum Gasteiger partial charge on any atom is -0.394 e. The van der Waals surface area contributed by atoms with Crippen molar-refractivity contribution in [1.29, 1.82) is 0 Å². The van der Waals surface area contributed by atoms with Crippen LogP contribution in [0.4, 0.5) is 17.1 Å². The van der Waals surface area contributed by atoms with Crippen LogP contribution in [0, 0.1) is 0 Å². The summed E-state index contributed by atoms with van der Waals surface area (Å²) in [5, 5.41) is 36.6. The molecule has 0 atom stereocenters. The van der Waals surface area contributed by atoms with Crippen LogP contribution in [0.15, 0.2) is 72.8 Å². The van der Waals surface area contributed by atoms with E-state index in [-0.39, 0.29) is 39.6 Å². The molecule has 60 heavy (non-hydrogen) atoms. The van der Waals surface area contributed by atoms with Gasteiger partial charge in [0.2, 0.25) is 0 Å². The topological polar surface area (TPSA) is 158 Å². The largest absolute Gasteiger partial charge is 0.394 e. The molecular weight excluding hydrogens is 773 g/mol. The molecule has 1 aliphatic rings. The Kier molecular flexibility index (Phi) is 23.8. The summed E-state index contributed by atoms with van der Waals surface area (Å²) >= 11 is 0. The van der Waals surface area contributed by atoms with E-state index in [0.717, 1.165) is 46.8 Å². The molecule has 0 unspecified atom stereocenters. The van der Waals surface area contributed by atoms with E-state index in [9.17, 15) is 10.2 Å². The molecule has 0 spiro atoms. The van der Waals surface area contributed by atoms with E-state index in [2.05, 4.69) is 106 Å². The zero-order valence-corrected chi connectivity index (χ0v) is 35.8. The van der Waals surface area contributed by atoms with Crippen molar-refractivity contribution in [3.05, 3.63) is 89.5 Å². The van der Waals surface area contributed by atoms with Crippen molar-refractivity contribution in [2.75, 3.05) is 187 Å². The quantitative estimate of drug-likeness (QED) is 0.0522. The van der Waals surface area contributed by atoms with Crippen molar-refractivity contribution >= 4 is 17.1 Å². The van der Waals surface area contributed by atoms with Crippen LogP contribution < -0.4 is 14.7 Å². The average Bonchev–Trinajstić information content (AvgIpc) is 3.28. The number of nitrogens with zero attached hydrogens (tertiary/aromatic N) is 4. The maximum atomic E-state index is 9.29. The number of anilines is 3. The summed E-state index contributed by atoms with van der Waals surface area (Å²) in [4.78, 5) is 9.11. The second-order valence-electron chi connectivity index (χ2n) is 14.4. The minimum atomic E-state index is -0.662. The first-order valence-corrected chi connectivity index (χ1v) is 21.2. The Bertz CT molecular complexity index is 1440. The van der Waals surface area contributed by atoms with Crippen molar-refractivity contribution < 1.29 is 53.6 Å². The fourth-order valence-corrected chi connectivity index (χ4v) is 7.32. The number of aliphatic hydroxyl groups excluding tert-OH is 4. The van der Waals surface area contributed by atoms with E-state index in [4.69, 9.17) is 43.4 Å². The number of morpholine rings is 1. The first-order valence-electron chi connectivity index (χ1n) is 21.2. The molecule has 0 bridgehead atoms. The molecule has 0 radical (unpaired) electrons. The molecule has 0 saturated carbocycles. The number of rotatable bonds is 33. The van der Waals surface area contributed by atoms with Gasteiger partial charge in [0.15, 0.2) is 0 Å². The van der Waals surface area contributed by atoms with Crippen LogP contribution in [0.1, 0.15) is 16.7 Å². The van der Waals surface area contributed by atoms with E-state index in [1.165, 1.54) is 0 Å². The summed E-state index contributed by atoms with van der Waals surface area (Å²) in [6, 6.07) is 26.5. The Morgan fingerprint density at radius 1 is 0.450 bits per heavy atom. The van der Waals surface area contributed by atoms with Gasteiger partial charge in [-0.15, -0.1) is 0 Å². The monoisotopic (exact) mass is 843 g/mol. The summed E-state index contributed by atoms with van der Waals surface area (Å²) in [6.45, 7) is 9.88. The normalized spacial score (nSPS) is 13.5.